The van der Waals surface area contributed by atoms with E-state index >= 15 is 0 Å². The number of ether oxygens (including phenoxy) is 1. The molecule has 0 aliphatic carbocycles. The van der Waals surface area contributed by atoms with Crippen molar-refractivity contribution >= 4 is 22.8 Å². The van der Waals surface area contributed by atoms with Crippen molar-refractivity contribution in [1.29, 1.82) is 0 Å². The Hall–Kier alpha value is -3.87. The number of hydrogen-bond donors (Lipinski definition) is 0. The second-order valence-corrected chi connectivity index (χ2v) is 7.47. The van der Waals surface area contributed by atoms with Gasteiger partial charge in [-0.2, -0.15) is 4.99 Å². The molecule has 0 spiro atoms. The van der Waals surface area contributed by atoms with Gasteiger partial charge in [0.1, 0.15) is 17.9 Å². The molecule has 0 N–H and O–H groups in total. The maximum atomic E-state index is 12.5. The summed E-state index contributed by atoms with van der Waals surface area (Å²) in [4.78, 5) is 36.7. The Bertz CT molecular complexity index is 1380. The van der Waals surface area contributed by atoms with Crippen LogP contribution in [0.1, 0.15) is 24.5 Å². The summed E-state index contributed by atoms with van der Waals surface area (Å²) in [6.45, 7) is 7.87. The van der Waals surface area contributed by atoms with Crippen LogP contribution in [0.3, 0.4) is 0 Å². The Morgan fingerprint density at radius 3 is 2.55 bits per heavy atom. The Morgan fingerprint density at radius 1 is 1.16 bits per heavy atom. The van der Waals surface area contributed by atoms with Gasteiger partial charge in [0.25, 0.3) is 5.96 Å². The number of benzene rings is 2. The summed E-state index contributed by atoms with van der Waals surface area (Å²) < 4.78 is 11.2. The maximum Gasteiger partial charge on any atom is 0.336 e. The minimum Gasteiger partial charge on any atom is -0.489 e. The predicted molar refractivity (Wildman–Crippen MR) is 117 cm³/mol. The van der Waals surface area contributed by atoms with E-state index in [-0.39, 0.29) is 18.3 Å². The van der Waals surface area contributed by atoms with Crippen LogP contribution in [0.15, 0.2) is 78.8 Å². The number of fused-ring (bicyclic) bond motifs is 2. The number of aliphatic imine (C=N–C) groups is 1. The lowest BCUT2D eigenvalue weighted by Gasteiger charge is -2.13. The Morgan fingerprint density at radius 2 is 1.87 bits per heavy atom. The van der Waals surface area contributed by atoms with Gasteiger partial charge >= 0.3 is 5.63 Å². The zero-order chi connectivity index (χ0) is 22.0. The highest BCUT2D eigenvalue weighted by atomic mass is 16.5. The summed E-state index contributed by atoms with van der Waals surface area (Å²) >= 11 is 0. The van der Waals surface area contributed by atoms with Gasteiger partial charge in [0.15, 0.2) is 0 Å². The van der Waals surface area contributed by atoms with Gasteiger partial charge in [-0.05, 0) is 55.2 Å². The van der Waals surface area contributed by atoms with Gasteiger partial charge in [-0.15, -0.1) is 0 Å². The number of carbonyl (C=O) groups excluding carboxylic acids is 1. The summed E-state index contributed by atoms with van der Waals surface area (Å²) in [6, 6.07) is 12.4. The number of para-hydroxylation sites is 2. The van der Waals surface area contributed by atoms with Crippen LogP contribution in [0.5, 0.6) is 5.75 Å². The predicted octanol–water partition coefficient (Wildman–Crippen LogP) is 2.82. The lowest BCUT2D eigenvalue weighted by molar-refractivity contribution is -0.117. The third-order valence-corrected chi connectivity index (χ3v) is 4.76. The van der Waals surface area contributed by atoms with Crippen LogP contribution in [0.4, 0.5) is 0 Å². The molecule has 0 fully saturated rings. The average molecular weight is 415 g/mol. The van der Waals surface area contributed by atoms with Crippen molar-refractivity contribution in [2.45, 2.75) is 26.7 Å². The van der Waals surface area contributed by atoms with Crippen LogP contribution >= 0.6 is 0 Å². The second kappa shape index (κ2) is 8.47. The van der Waals surface area contributed by atoms with Crippen molar-refractivity contribution in [3.05, 3.63) is 86.9 Å². The molecule has 0 atom stereocenters. The molecular weight excluding hydrogens is 394 g/mol. The fourth-order valence-electron chi connectivity index (χ4n) is 3.27. The molecule has 1 aliphatic heterocycles. The first-order valence-corrected chi connectivity index (χ1v) is 9.87. The average Bonchev–Trinajstić information content (AvgIpc) is 3.12. The lowest BCUT2D eigenvalue weighted by atomic mass is 10.0. The van der Waals surface area contributed by atoms with E-state index in [9.17, 15) is 9.59 Å². The number of rotatable bonds is 6. The lowest BCUT2D eigenvalue weighted by Crippen LogP contribution is -2.19. The Balaban J connectivity index is 1.59. The van der Waals surface area contributed by atoms with E-state index < -0.39 is 5.63 Å². The minimum atomic E-state index is -0.417. The van der Waals surface area contributed by atoms with Crippen LogP contribution in [0, 0.1) is 6.92 Å². The van der Waals surface area contributed by atoms with Crippen molar-refractivity contribution in [1.82, 2.24) is 0 Å². The molecule has 3 aromatic rings. The second-order valence-electron chi connectivity index (χ2n) is 7.47. The van der Waals surface area contributed by atoms with E-state index in [4.69, 9.17) is 9.15 Å². The van der Waals surface area contributed by atoms with Crippen LogP contribution in [-0.4, -0.2) is 18.5 Å². The number of nitrogens with zero attached hydrogens (tertiary/aromatic N) is 3. The Labute approximate surface area is 178 Å². The van der Waals surface area contributed by atoms with Crippen molar-refractivity contribution in [2.24, 2.45) is 15.0 Å². The van der Waals surface area contributed by atoms with Gasteiger partial charge in [-0.25, -0.2) is 14.8 Å². The topological polar surface area (TPSA) is 93.6 Å². The maximum absolute atomic E-state index is 12.5. The highest BCUT2D eigenvalue weighted by molar-refractivity contribution is 5.95. The highest BCUT2D eigenvalue weighted by Gasteiger charge is 2.13. The van der Waals surface area contributed by atoms with Crippen LogP contribution in [0.2, 0.25) is 0 Å². The smallest absolute Gasteiger partial charge is 0.336 e. The monoisotopic (exact) mass is 415 g/mol. The molecule has 7 nitrogen and oxygen atoms in total. The van der Waals surface area contributed by atoms with Crippen molar-refractivity contribution in [2.75, 3.05) is 6.61 Å². The van der Waals surface area contributed by atoms with E-state index in [0.717, 1.165) is 22.1 Å². The molecule has 2 aromatic carbocycles. The summed E-state index contributed by atoms with van der Waals surface area (Å²) in [5, 5.41) is 2.21. The standard InChI is InChI=1S/C24H21N3O4/c1-14(2)13-30-20-12-21-17(15(3)10-23(29)31-21)11-16(20)8-9-22(28)27-24-25-18-6-4-5-7-19(18)26-24/h4-7,10-12H,1,8-9,13H2,2-3H3. The van der Waals surface area contributed by atoms with Crippen molar-refractivity contribution < 1.29 is 13.9 Å². The number of hydrogen-bond acceptors (Lipinski definition) is 4. The normalized spacial score (nSPS) is 12.1. The molecule has 7 heteroatoms. The molecular formula is C24H21N3O4. The van der Waals surface area contributed by atoms with Gasteiger partial charge in [0.2, 0.25) is 5.91 Å². The molecule has 0 saturated carbocycles. The summed E-state index contributed by atoms with van der Waals surface area (Å²) in [5.41, 5.74) is 2.50. The number of carbonyl (C=O) groups is 1. The molecule has 2 heterocycles. The van der Waals surface area contributed by atoms with E-state index in [1.165, 1.54) is 6.07 Å². The Kier molecular flexibility index (Phi) is 5.58. The van der Waals surface area contributed by atoms with Crippen LogP contribution in [-0.2, 0) is 11.2 Å². The summed E-state index contributed by atoms with van der Waals surface area (Å²) in [5.74, 6) is 0.394. The molecule has 156 valence electrons. The molecule has 31 heavy (non-hydrogen) atoms. The van der Waals surface area contributed by atoms with Crippen LogP contribution in [0.25, 0.3) is 11.0 Å². The van der Waals surface area contributed by atoms with Gasteiger partial charge in [0.05, 0.1) is 10.7 Å². The van der Waals surface area contributed by atoms with Gasteiger partial charge in [0, 0.05) is 23.9 Å². The first kappa shape index (κ1) is 20.4. The van der Waals surface area contributed by atoms with Crippen molar-refractivity contribution in [3.8, 4) is 5.75 Å². The van der Waals surface area contributed by atoms with E-state index in [0.29, 0.717) is 35.1 Å². The SMILES string of the molecule is C=C(C)COc1cc2oc(=O)cc(C)c2cc1CCC(=O)N=C1N=c2ccccc2=N1. The van der Waals surface area contributed by atoms with E-state index in [1.54, 1.807) is 6.07 Å². The molecule has 1 aromatic heterocycles. The minimum absolute atomic E-state index is 0.162. The molecule has 0 saturated heterocycles. The van der Waals surface area contributed by atoms with Gasteiger partial charge in [-0.3, -0.25) is 4.79 Å². The van der Waals surface area contributed by atoms with E-state index in [2.05, 4.69) is 21.6 Å². The van der Waals surface area contributed by atoms with Crippen LogP contribution < -0.4 is 21.1 Å². The molecule has 0 radical (unpaired) electrons. The third kappa shape index (κ3) is 4.66. The zero-order valence-electron chi connectivity index (χ0n) is 17.3. The third-order valence-electron chi connectivity index (χ3n) is 4.76. The first-order chi connectivity index (χ1) is 14.9. The van der Waals surface area contributed by atoms with E-state index in [1.807, 2.05) is 44.2 Å². The molecule has 1 aliphatic rings. The van der Waals surface area contributed by atoms with Gasteiger partial charge in [-0.1, -0.05) is 18.7 Å². The zero-order valence-corrected chi connectivity index (χ0v) is 17.3. The number of guanidine groups is 1. The summed E-state index contributed by atoms with van der Waals surface area (Å²) in [7, 11) is 0. The molecule has 0 bridgehead atoms. The summed E-state index contributed by atoms with van der Waals surface area (Å²) in [6.07, 6.45) is 0.568. The fraction of sp³-hybridized carbons (Fsp3) is 0.208. The largest absolute Gasteiger partial charge is 0.489 e. The molecule has 0 unspecified atom stereocenters. The highest BCUT2D eigenvalue weighted by Crippen LogP contribution is 2.28. The fourth-order valence-corrected chi connectivity index (χ4v) is 3.27. The first-order valence-electron chi connectivity index (χ1n) is 9.87. The molecule has 1 amide bonds. The molecule has 4 rings (SSSR count). The number of aryl methyl sites for hydroxylation is 2. The number of amides is 1. The van der Waals surface area contributed by atoms with Crippen molar-refractivity contribution in [3.63, 3.8) is 0 Å². The quantitative estimate of drug-likeness (QED) is 0.457. The van der Waals surface area contributed by atoms with Gasteiger partial charge < -0.3 is 9.15 Å².